The minimum Gasteiger partial charge on any atom is -0.310 e. The molecule has 2 aromatic heterocycles. The number of allylic oxidation sites excluding steroid dienone is 1. The van der Waals surface area contributed by atoms with Crippen LogP contribution in [-0.4, -0.2) is 9.13 Å². The molecular weight excluding hydrogens is 424 g/mol. The predicted octanol–water partition coefficient (Wildman–Crippen LogP) is 9.02. The molecule has 0 aliphatic rings. The zero-order valence-corrected chi connectivity index (χ0v) is 20.6. The predicted molar refractivity (Wildman–Crippen MR) is 151 cm³/mol. The van der Waals surface area contributed by atoms with Crippen LogP contribution in [0.25, 0.3) is 50.2 Å². The van der Waals surface area contributed by atoms with E-state index in [0.717, 1.165) is 12.8 Å². The third-order valence-electron chi connectivity index (χ3n) is 6.99. The molecule has 0 aliphatic carbocycles. The van der Waals surface area contributed by atoms with Gasteiger partial charge in [0.1, 0.15) is 0 Å². The first-order valence-corrected chi connectivity index (χ1v) is 12.6. The Morgan fingerprint density at radius 3 is 1.74 bits per heavy atom. The Morgan fingerprint density at radius 2 is 1.17 bits per heavy atom. The van der Waals surface area contributed by atoms with Gasteiger partial charge in [0, 0.05) is 33.2 Å². The summed E-state index contributed by atoms with van der Waals surface area (Å²) in [4.78, 5) is 0. The van der Waals surface area contributed by atoms with Crippen LogP contribution in [0, 0.1) is 6.92 Å². The van der Waals surface area contributed by atoms with E-state index >= 15 is 0 Å². The van der Waals surface area contributed by atoms with Crippen molar-refractivity contribution in [3.05, 3.63) is 114 Å². The van der Waals surface area contributed by atoms with Crippen LogP contribution < -0.4 is 0 Å². The number of hydrogen-bond donors (Lipinski definition) is 0. The van der Waals surface area contributed by atoms with Crippen molar-refractivity contribution in [2.24, 2.45) is 0 Å². The summed E-state index contributed by atoms with van der Waals surface area (Å²) in [7, 11) is 0. The molecule has 0 bridgehead atoms. The van der Waals surface area contributed by atoms with Gasteiger partial charge in [0.25, 0.3) is 0 Å². The van der Waals surface area contributed by atoms with Crippen molar-refractivity contribution in [2.75, 3.05) is 0 Å². The van der Waals surface area contributed by atoms with Gasteiger partial charge in [-0.15, -0.1) is 0 Å². The SMILES string of the molecule is C/C=C\c1c(CCC)c2ccccc2n1-c1cc(C)cc(-n2c3ccccc3c3ccccc32)c1. The fourth-order valence-electron chi connectivity index (χ4n) is 5.65. The van der Waals surface area contributed by atoms with E-state index in [1.807, 2.05) is 0 Å². The van der Waals surface area contributed by atoms with Gasteiger partial charge in [-0.2, -0.15) is 0 Å². The molecule has 0 aliphatic heterocycles. The molecule has 0 spiro atoms. The van der Waals surface area contributed by atoms with Crippen molar-refractivity contribution in [1.29, 1.82) is 0 Å². The highest BCUT2D eigenvalue weighted by Crippen LogP contribution is 2.35. The lowest BCUT2D eigenvalue weighted by molar-refractivity contribution is 0.917. The number of para-hydroxylation sites is 3. The van der Waals surface area contributed by atoms with E-state index in [1.54, 1.807) is 0 Å². The van der Waals surface area contributed by atoms with E-state index in [1.165, 1.54) is 60.9 Å². The molecule has 2 nitrogen and oxygen atoms in total. The number of nitrogens with zero attached hydrogens (tertiary/aromatic N) is 2. The fourth-order valence-corrected chi connectivity index (χ4v) is 5.65. The topological polar surface area (TPSA) is 9.86 Å². The van der Waals surface area contributed by atoms with E-state index in [0.29, 0.717) is 0 Å². The minimum absolute atomic E-state index is 1.07. The van der Waals surface area contributed by atoms with Crippen LogP contribution in [0.3, 0.4) is 0 Å². The average molecular weight is 455 g/mol. The Hall–Kier alpha value is -4.04. The van der Waals surface area contributed by atoms with Crippen LogP contribution in [0.2, 0.25) is 0 Å². The van der Waals surface area contributed by atoms with Crippen molar-refractivity contribution in [1.82, 2.24) is 9.13 Å². The molecule has 0 saturated carbocycles. The number of aromatic nitrogens is 2. The van der Waals surface area contributed by atoms with Crippen molar-refractivity contribution >= 4 is 38.8 Å². The summed E-state index contributed by atoms with van der Waals surface area (Å²) in [6.07, 6.45) is 6.62. The van der Waals surface area contributed by atoms with Gasteiger partial charge in [0.05, 0.1) is 16.6 Å². The molecule has 2 heterocycles. The second kappa shape index (κ2) is 8.63. The van der Waals surface area contributed by atoms with Gasteiger partial charge in [0.2, 0.25) is 0 Å². The number of rotatable bonds is 5. The molecule has 0 saturated heterocycles. The lowest BCUT2D eigenvalue weighted by Gasteiger charge is -2.15. The molecule has 2 heteroatoms. The van der Waals surface area contributed by atoms with E-state index in [2.05, 4.69) is 133 Å². The van der Waals surface area contributed by atoms with Crippen LogP contribution >= 0.6 is 0 Å². The Labute approximate surface area is 206 Å². The molecule has 0 amide bonds. The molecular formula is C33H30N2. The highest BCUT2D eigenvalue weighted by molar-refractivity contribution is 6.09. The van der Waals surface area contributed by atoms with E-state index in [4.69, 9.17) is 0 Å². The quantitative estimate of drug-likeness (QED) is 0.246. The molecule has 0 unspecified atom stereocenters. The average Bonchev–Trinajstić information content (AvgIpc) is 3.37. The molecule has 35 heavy (non-hydrogen) atoms. The smallest absolute Gasteiger partial charge is 0.0541 e. The third kappa shape index (κ3) is 3.40. The Morgan fingerprint density at radius 1 is 0.657 bits per heavy atom. The Bertz CT molecular complexity index is 1670. The van der Waals surface area contributed by atoms with Gasteiger partial charge in [0.15, 0.2) is 0 Å². The first-order valence-electron chi connectivity index (χ1n) is 12.6. The Kier molecular flexibility index (Phi) is 5.30. The molecule has 172 valence electrons. The van der Waals surface area contributed by atoms with E-state index < -0.39 is 0 Å². The molecule has 6 rings (SSSR count). The Balaban J connectivity index is 1.68. The van der Waals surface area contributed by atoms with Gasteiger partial charge in [-0.1, -0.05) is 74.0 Å². The third-order valence-corrected chi connectivity index (χ3v) is 6.99. The second-order valence-electron chi connectivity index (χ2n) is 9.36. The maximum atomic E-state index is 2.45. The normalized spacial score (nSPS) is 12.0. The zero-order chi connectivity index (χ0) is 23.9. The first kappa shape index (κ1) is 21.5. The van der Waals surface area contributed by atoms with Gasteiger partial charge < -0.3 is 9.13 Å². The summed E-state index contributed by atoms with van der Waals surface area (Å²) >= 11 is 0. The van der Waals surface area contributed by atoms with Gasteiger partial charge in [-0.3, -0.25) is 0 Å². The monoisotopic (exact) mass is 454 g/mol. The van der Waals surface area contributed by atoms with Crippen LogP contribution in [-0.2, 0) is 6.42 Å². The standard InChI is InChI=1S/C33H30N2/c1-4-12-26-27-14-6-9-17-31(27)34(30(26)13-5-2)24-20-23(3)21-25(22-24)35-32-18-10-7-15-28(32)29-16-8-11-19-33(29)35/h5-11,13-22H,4,12H2,1-3H3/b13-5-. The first-order chi connectivity index (χ1) is 17.2. The van der Waals surface area contributed by atoms with Crippen LogP contribution in [0.5, 0.6) is 0 Å². The lowest BCUT2D eigenvalue weighted by Crippen LogP contribution is -2.02. The maximum absolute atomic E-state index is 2.45. The molecule has 0 N–H and O–H groups in total. The molecule has 6 aromatic rings. The summed E-state index contributed by atoms with van der Waals surface area (Å²) in [5.41, 5.74) is 10.1. The zero-order valence-electron chi connectivity index (χ0n) is 20.6. The number of hydrogen-bond acceptors (Lipinski definition) is 0. The summed E-state index contributed by atoms with van der Waals surface area (Å²) in [6.45, 7) is 6.57. The van der Waals surface area contributed by atoms with Gasteiger partial charge >= 0.3 is 0 Å². The number of fused-ring (bicyclic) bond motifs is 4. The summed E-state index contributed by atoms with van der Waals surface area (Å²) in [5, 5.41) is 3.93. The number of benzene rings is 4. The van der Waals surface area contributed by atoms with Crippen molar-refractivity contribution in [2.45, 2.75) is 33.6 Å². The van der Waals surface area contributed by atoms with Crippen molar-refractivity contribution < 1.29 is 0 Å². The maximum Gasteiger partial charge on any atom is 0.0541 e. The van der Waals surface area contributed by atoms with Crippen LogP contribution in [0.15, 0.2) is 97.1 Å². The molecule has 0 fully saturated rings. The summed E-state index contributed by atoms with van der Waals surface area (Å²) in [5.74, 6) is 0. The molecule has 4 aromatic carbocycles. The summed E-state index contributed by atoms with van der Waals surface area (Å²) in [6, 6.07) is 33.2. The summed E-state index contributed by atoms with van der Waals surface area (Å²) < 4.78 is 4.86. The molecule has 0 atom stereocenters. The van der Waals surface area contributed by atoms with Crippen LogP contribution in [0.1, 0.15) is 37.1 Å². The van der Waals surface area contributed by atoms with Gasteiger partial charge in [-0.25, -0.2) is 0 Å². The lowest BCUT2D eigenvalue weighted by atomic mass is 10.1. The van der Waals surface area contributed by atoms with Gasteiger partial charge in [-0.05, 0) is 73.9 Å². The fraction of sp³-hybridized carbons (Fsp3) is 0.152. The van der Waals surface area contributed by atoms with Crippen LogP contribution in [0.4, 0.5) is 0 Å². The molecule has 0 radical (unpaired) electrons. The highest BCUT2D eigenvalue weighted by atomic mass is 15.0. The highest BCUT2D eigenvalue weighted by Gasteiger charge is 2.18. The number of aryl methyl sites for hydroxylation is 2. The van der Waals surface area contributed by atoms with E-state index in [9.17, 15) is 0 Å². The van der Waals surface area contributed by atoms with Crippen molar-refractivity contribution in [3.8, 4) is 11.4 Å². The van der Waals surface area contributed by atoms with E-state index in [-0.39, 0.29) is 0 Å². The minimum atomic E-state index is 1.07. The second-order valence-corrected chi connectivity index (χ2v) is 9.36. The largest absolute Gasteiger partial charge is 0.310 e. The van der Waals surface area contributed by atoms with Crippen molar-refractivity contribution in [3.63, 3.8) is 0 Å².